The normalized spacial score (nSPS) is 23.4. The molecule has 0 aromatic heterocycles. The second kappa shape index (κ2) is 7.09. The van der Waals surface area contributed by atoms with Crippen molar-refractivity contribution in [2.45, 2.75) is 64.7 Å². The van der Waals surface area contributed by atoms with Crippen LogP contribution >= 0.6 is 0 Å². The summed E-state index contributed by atoms with van der Waals surface area (Å²) in [4.78, 5) is 0. The number of rotatable bonds is 4. The molecule has 1 aliphatic carbocycles. The van der Waals surface area contributed by atoms with E-state index < -0.39 is 0 Å². The number of ether oxygens (including phenoxy) is 1. The topological polar surface area (TPSA) is 41.5 Å². The van der Waals surface area contributed by atoms with E-state index in [1.807, 2.05) is 7.05 Å². The van der Waals surface area contributed by atoms with Gasteiger partial charge in [-0.2, -0.15) is 0 Å². The van der Waals surface area contributed by atoms with Gasteiger partial charge in [0.25, 0.3) is 0 Å². The van der Waals surface area contributed by atoms with E-state index in [9.17, 15) is 5.11 Å². The van der Waals surface area contributed by atoms with Gasteiger partial charge in [0, 0.05) is 6.54 Å². The number of hydrogen-bond acceptors (Lipinski definition) is 3. The summed E-state index contributed by atoms with van der Waals surface area (Å²) >= 11 is 0. The molecule has 0 saturated heterocycles. The highest BCUT2D eigenvalue weighted by Gasteiger charge is 2.24. The first kappa shape index (κ1) is 15.3. The highest BCUT2D eigenvalue weighted by molar-refractivity contribution is 5.43. The van der Waals surface area contributed by atoms with Crippen molar-refractivity contribution in [3.05, 3.63) is 28.8 Å². The average molecular weight is 277 g/mol. The van der Waals surface area contributed by atoms with E-state index in [1.54, 1.807) is 0 Å². The fraction of sp³-hybridized carbons (Fsp3) is 0.647. The van der Waals surface area contributed by atoms with Crippen LogP contribution in [0, 0.1) is 13.8 Å². The van der Waals surface area contributed by atoms with Gasteiger partial charge in [-0.05, 0) is 56.8 Å². The minimum absolute atomic E-state index is 0.0509. The quantitative estimate of drug-likeness (QED) is 0.831. The Labute approximate surface area is 122 Å². The third-order valence-corrected chi connectivity index (χ3v) is 4.09. The molecule has 0 bridgehead atoms. The van der Waals surface area contributed by atoms with Crippen LogP contribution in [0.25, 0.3) is 0 Å². The first-order chi connectivity index (χ1) is 9.61. The number of nitrogens with one attached hydrogen (secondary N) is 1. The molecule has 3 heteroatoms. The molecule has 2 N–H and O–H groups in total. The van der Waals surface area contributed by atoms with Gasteiger partial charge in [0.05, 0.1) is 6.10 Å². The van der Waals surface area contributed by atoms with Crippen molar-refractivity contribution in [2.75, 3.05) is 7.05 Å². The maximum absolute atomic E-state index is 10.2. The second-order valence-corrected chi connectivity index (χ2v) is 5.95. The van der Waals surface area contributed by atoms with Crippen LogP contribution in [0.5, 0.6) is 5.75 Å². The van der Waals surface area contributed by atoms with Gasteiger partial charge in [0.2, 0.25) is 0 Å². The second-order valence-electron chi connectivity index (χ2n) is 5.95. The molecule has 1 aromatic carbocycles. The molecule has 2 atom stereocenters. The highest BCUT2D eigenvalue weighted by Crippen LogP contribution is 2.29. The molecule has 0 heterocycles. The Morgan fingerprint density at radius 3 is 2.45 bits per heavy atom. The lowest BCUT2D eigenvalue weighted by Crippen LogP contribution is -2.31. The first-order valence-corrected chi connectivity index (χ1v) is 7.71. The molecule has 0 amide bonds. The number of aliphatic hydroxyl groups is 1. The zero-order chi connectivity index (χ0) is 14.5. The molecule has 1 aromatic rings. The molecule has 2 unspecified atom stereocenters. The monoisotopic (exact) mass is 277 g/mol. The van der Waals surface area contributed by atoms with Gasteiger partial charge < -0.3 is 15.2 Å². The number of hydrogen-bond donors (Lipinski definition) is 2. The van der Waals surface area contributed by atoms with Crippen molar-refractivity contribution in [3.8, 4) is 5.75 Å². The Kier molecular flexibility index (Phi) is 5.44. The summed E-state index contributed by atoms with van der Waals surface area (Å²) in [6, 6.07) is 4.34. The summed E-state index contributed by atoms with van der Waals surface area (Å²) in [6.07, 6.45) is 4.91. The Morgan fingerprint density at radius 2 is 1.80 bits per heavy atom. The largest absolute Gasteiger partial charge is 0.487 e. The van der Waals surface area contributed by atoms with Crippen LogP contribution in [0.2, 0.25) is 0 Å². The molecule has 0 aliphatic heterocycles. The maximum Gasteiger partial charge on any atom is 0.125 e. The van der Waals surface area contributed by atoms with Crippen LogP contribution in [-0.2, 0) is 6.54 Å². The van der Waals surface area contributed by atoms with Crippen LogP contribution in [-0.4, -0.2) is 24.4 Å². The third kappa shape index (κ3) is 3.74. The summed E-state index contributed by atoms with van der Waals surface area (Å²) in [5.41, 5.74) is 3.59. The Balaban J connectivity index is 2.15. The van der Waals surface area contributed by atoms with E-state index in [1.165, 1.54) is 12.0 Å². The summed E-state index contributed by atoms with van der Waals surface area (Å²) in [5, 5.41) is 13.4. The Bertz CT molecular complexity index is 422. The fourth-order valence-electron chi connectivity index (χ4n) is 3.07. The zero-order valence-corrected chi connectivity index (χ0v) is 12.9. The lowest BCUT2D eigenvalue weighted by Gasteiger charge is -2.24. The van der Waals surface area contributed by atoms with E-state index in [0.717, 1.165) is 49.1 Å². The summed E-state index contributed by atoms with van der Waals surface area (Å²) in [6.45, 7) is 5.04. The first-order valence-electron chi connectivity index (χ1n) is 7.71. The fourth-order valence-corrected chi connectivity index (χ4v) is 3.07. The molecular formula is C17H27NO2. The lowest BCUT2D eigenvalue weighted by molar-refractivity contribution is 0.0312. The van der Waals surface area contributed by atoms with Crippen LogP contribution in [0.3, 0.4) is 0 Å². The van der Waals surface area contributed by atoms with E-state index in [0.29, 0.717) is 0 Å². The van der Waals surface area contributed by atoms with Gasteiger partial charge in [-0.1, -0.05) is 25.0 Å². The van der Waals surface area contributed by atoms with E-state index in [-0.39, 0.29) is 12.2 Å². The van der Waals surface area contributed by atoms with Crippen molar-refractivity contribution >= 4 is 0 Å². The van der Waals surface area contributed by atoms with Crippen LogP contribution in [0.15, 0.2) is 12.1 Å². The molecule has 1 fully saturated rings. The highest BCUT2D eigenvalue weighted by atomic mass is 16.5. The van der Waals surface area contributed by atoms with Gasteiger partial charge in [0.1, 0.15) is 11.9 Å². The molecule has 0 radical (unpaired) electrons. The van der Waals surface area contributed by atoms with Gasteiger partial charge in [-0.3, -0.25) is 0 Å². The van der Waals surface area contributed by atoms with Crippen LogP contribution in [0.4, 0.5) is 0 Å². The minimum Gasteiger partial charge on any atom is -0.487 e. The number of aryl methyl sites for hydroxylation is 2. The van der Waals surface area contributed by atoms with Crippen molar-refractivity contribution in [3.63, 3.8) is 0 Å². The summed E-state index contributed by atoms with van der Waals surface area (Å²) in [5.74, 6) is 0.954. The Hall–Kier alpha value is -1.06. The van der Waals surface area contributed by atoms with E-state index >= 15 is 0 Å². The average Bonchev–Trinajstić information content (AvgIpc) is 2.59. The Morgan fingerprint density at radius 1 is 1.15 bits per heavy atom. The minimum atomic E-state index is -0.326. The van der Waals surface area contributed by atoms with Crippen LogP contribution in [0.1, 0.15) is 48.8 Å². The molecule has 0 spiro atoms. The van der Waals surface area contributed by atoms with Crippen LogP contribution < -0.4 is 10.1 Å². The predicted octanol–water partition coefficient (Wildman–Crippen LogP) is 3.10. The van der Waals surface area contributed by atoms with Gasteiger partial charge in [-0.15, -0.1) is 0 Å². The zero-order valence-electron chi connectivity index (χ0n) is 12.9. The number of benzene rings is 1. The molecule has 2 rings (SSSR count). The lowest BCUT2D eigenvalue weighted by atomic mass is 10.0. The van der Waals surface area contributed by atoms with Gasteiger partial charge in [0.15, 0.2) is 0 Å². The predicted molar refractivity (Wildman–Crippen MR) is 82.2 cm³/mol. The SMILES string of the molecule is CNCc1cc(C)c(OC2CCCCCC2O)c(C)c1. The van der Waals surface area contributed by atoms with Crippen molar-refractivity contribution in [1.29, 1.82) is 0 Å². The van der Waals surface area contributed by atoms with Crippen molar-refractivity contribution in [1.82, 2.24) is 5.32 Å². The summed E-state index contributed by atoms with van der Waals surface area (Å²) in [7, 11) is 1.96. The maximum atomic E-state index is 10.2. The number of aliphatic hydroxyl groups excluding tert-OH is 1. The van der Waals surface area contributed by atoms with Gasteiger partial charge >= 0.3 is 0 Å². The standard InChI is InChI=1S/C17H27NO2/c1-12-9-14(11-18-3)10-13(2)17(12)20-16-8-6-4-5-7-15(16)19/h9-10,15-16,18-19H,4-8,11H2,1-3H3. The van der Waals surface area contributed by atoms with Gasteiger partial charge in [-0.25, -0.2) is 0 Å². The molecule has 112 valence electrons. The van der Waals surface area contributed by atoms with E-state index in [2.05, 4.69) is 31.3 Å². The summed E-state index contributed by atoms with van der Waals surface area (Å²) < 4.78 is 6.17. The van der Waals surface area contributed by atoms with Crippen molar-refractivity contribution in [2.24, 2.45) is 0 Å². The third-order valence-electron chi connectivity index (χ3n) is 4.09. The van der Waals surface area contributed by atoms with Crippen molar-refractivity contribution < 1.29 is 9.84 Å². The smallest absolute Gasteiger partial charge is 0.125 e. The molecular weight excluding hydrogens is 250 g/mol. The van der Waals surface area contributed by atoms with E-state index in [4.69, 9.17) is 4.74 Å². The molecule has 1 aliphatic rings. The molecule has 20 heavy (non-hydrogen) atoms. The molecule has 1 saturated carbocycles. The molecule has 3 nitrogen and oxygen atoms in total.